The molecule has 78 valence electrons. The topological polar surface area (TPSA) is 33.1 Å². The van der Waals surface area contributed by atoms with Gasteiger partial charge in [0.2, 0.25) is 0 Å². The maximum Gasteiger partial charge on any atom is 0.417 e. The molecule has 0 unspecified atom stereocenters. The Kier molecular flexibility index (Phi) is 3.10. The fraction of sp³-hybridized carbons (Fsp3) is 0.444. The highest BCUT2D eigenvalue weighted by Gasteiger charge is 2.30. The van der Waals surface area contributed by atoms with Crippen LogP contribution >= 0.6 is 0 Å². The highest BCUT2D eigenvalue weighted by atomic mass is 19.4. The van der Waals surface area contributed by atoms with Gasteiger partial charge in [0.05, 0.1) is 17.4 Å². The fourth-order valence-corrected chi connectivity index (χ4v) is 0.979. The molecule has 0 saturated carbocycles. The SMILES string of the molecule is CC[C@@H](O)c1ccc(C(F)(F)F)cn1. The summed E-state index contributed by atoms with van der Waals surface area (Å²) in [4.78, 5) is 3.55. The summed E-state index contributed by atoms with van der Waals surface area (Å²) >= 11 is 0. The Labute approximate surface area is 79.4 Å². The zero-order valence-electron chi connectivity index (χ0n) is 7.54. The molecule has 0 aliphatic rings. The van der Waals surface area contributed by atoms with Crippen LogP contribution < -0.4 is 0 Å². The van der Waals surface area contributed by atoms with Gasteiger partial charge in [-0.3, -0.25) is 4.98 Å². The second-order valence-corrected chi connectivity index (χ2v) is 2.89. The molecule has 0 amide bonds. The van der Waals surface area contributed by atoms with Crippen LogP contribution in [0.4, 0.5) is 13.2 Å². The smallest absolute Gasteiger partial charge is 0.387 e. The number of hydrogen-bond acceptors (Lipinski definition) is 2. The number of aromatic nitrogens is 1. The zero-order valence-corrected chi connectivity index (χ0v) is 7.54. The van der Waals surface area contributed by atoms with Crippen LogP contribution in [-0.2, 0) is 6.18 Å². The van der Waals surface area contributed by atoms with Crippen LogP contribution in [0, 0.1) is 0 Å². The van der Waals surface area contributed by atoms with Crippen molar-refractivity contribution in [2.24, 2.45) is 0 Å². The van der Waals surface area contributed by atoms with Crippen molar-refractivity contribution in [2.45, 2.75) is 25.6 Å². The molecule has 0 fully saturated rings. The minimum Gasteiger partial charge on any atom is -0.387 e. The fourth-order valence-electron chi connectivity index (χ4n) is 0.979. The number of hydrogen-bond donors (Lipinski definition) is 1. The Morgan fingerprint density at radius 2 is 2.07 bits per heavy atom. The van der Waals surface area contributed by atoms with Crippen LogP contribution in [-0.4, -0.2) is 10.1 Å². The molecule has 14 heavy (non-hydrogen) atoms. The first-order valence-corrected chi connectivity index (χ1v) is 4.16. The van der Waals surface area contributed by atoms with E-state index in [2.05, 4.69) is 4.98 Å². The van der Waals surface area contributed by atoms with Gasteiger partial charge in [-0.25, -0.2) is 0 Å². The van der Waals surface area contributed by atoms with Crippen LogP contribution in [0.2, 0.25) is 0 Å². The second kappa shape index (κ2) is 3.96. The van der Waals surface area contributed by atoms with Crippen molar-refractivity contribution in [3.8, 4) is 0 Å². The van der Waals surface area contributed by atoms with Crippen LogP contribution in [0.25, 0.3) is 0 Å². The largest absolute Gasteiger partial charge is 0.417 e. The summed E-state index contributed by atoms with van der Waals surface area (Å²) in [6.45, 7) is 1.73. The van der Waals surface area contributed by atoms with Crippen molar-refractivity contribution in [3.05, 3.63) is 29.6 Å². The molecule has 2 nitrogen and oxygen atoms in total. The van der Waals surface area contributed by atoms with Gasteiger partial charge in [-0.15, -0.1) is 0 Å². The van der Waals surface area contributed by atoms with E-state index >= 15 is 0 Å². The lowest BCUT2D eigenvalue weighted by atomic mass is 10.1. The second-order valence-electron chi connectivity index (χ2n) is 2.89. The Bertz CT molecular complexity index is 294. The third-order valence-electron chi connectivity index (χ3n) is 1.84. The summed E-state index contributed by atoms with van der Waals surface area (Å²) < 4.78 is 36.3. The van der Waals surface area contributed by atoms with Gasteiger partial charge in [0.25, 0.3) is 0 Å². The molecule has 1 heterocycles. The standard InChI is InChI=1S/C9H10F3NO/c1-2-8(14)7-4-3-6(5-13-7)9(10,11)12/h3-5,8,14H,2H2,1H3/t8-/m1/s1. The maximum atomic E-state index is 12.1. The number of halogens is 3. The third kappa shape index (κ3) is 2.45. The number of alkyl halides is 3. The van der Waals surface area contributed by atoms with Gasteiger partial charge in [-0.1, -0.05) is 6.92 Å². The molecule has 0 bridgehead atoms. The third-order valence-corrected chi connectivity index (χ3v) is 1.84. The van der Waals surface area contributed by atoms with Crippen molar-refractivity contribution in [2.75, 3.05) is 0 Å². The van der Waals surface area contributed by atoms with E-state index in [1.54, 1.807) is 6.92 Å². The lowest BCUT2D eigenvalue weighted by Crippen LogP contribution is -2.07. The van der Waals surface area contributed by atoms with Crippen LogP contribution in [0.3, 0.4) is 0 Å². The van der Waals surface area contributed by atoms with E-state index in [1.807, 2.05) is 0 Å². The Morgan fingerprint density at radius 1 is 1.43 bits per heavy atom. The predicted octanol–water partition coefficient (Wildman–Crippen LogP) is 2.54. The van der Waals surface area contributed by atoms with E-state index in [0.717, 1.165) is 12.3 Å². The van der Waals surface area contributed by atoms with Crippen LogP contribution in [0.1, 0.15) is 30.7 Å². The summed E-state index contributed by atoms with van der Waals surface area (Å²) in [5.41, 5.74) is -0.537. The first kappa shape index (κ1) is 11.0. The minimum atomic E-state index is -4.37. The number of pyridine rings is 1. The van der Waals surface area contributed by atoms with Gasteiger partial charge in [-0.2, -0.15) is 13.2 Å². The summed E-state index contributed by atoms with van der Waals surface area (Å²) in [5, 5.41) is 9.28. The van der Waals surface area contributed by atoms with Crippen molar-refractivity contribution >= 4 is 0 Å². The molecule has 0 spiro atoms. The van der Waals surface area contributed by atoms with Crippen molar-refractivity contribution in [1.29, 1.82) is 0 Å². The van der Waals surface area contributed by atoms with Crippen LogP contribution in [0.5, 0.6) is 0 Å². The van der Waals surface area contributed by atoms with Crippen molar-refractivity contribution in [3.63, 3.8) is 0 Å². The molecule has 1 rings (SSSR count). The normalized spacial score (nSPS) is 14.1. The van der Waals surface area contributed by atoms with Crippen LogP contribution in [0.15, 0.2) is 18.3 Å². The van der Waals surface area contributed by atoms with Crippen molar-refractivity contribution < 1.29 is 18.3 Å². The molecule has 0 saturated heterocycles. The molecule has 1 N–H and O–H groups in total. The molecule has 5 heteroatoms. The van der Waals surface area contributed by atoms with Crippen molar-refractivity contribution in [1.82, 2.24) is 4.98 Å². The molecule has 0 radical (unpaired) electrons. The first-order valence-electron chi connectivity index (χ1n) is 4.16. The van der Waals surface area contributed by atoms with Gasteiger partial charge in [0.15, 0.2) is 0 Å². The molecule has 1 atom stereocenters. The molecule has 0 aliphatic carbocycles. The lowest BCUT2D eigenvalue weighted by molar-refractivity contribution is -0.137. The van der Waals surface area contributed by atoms with E-state index in [1.165, 1.54) is 6.07 Å². The van der Waals surface area contributed by atoms with E-state index in [9.17, 15) is 18.3 Å². The summed E-state index contributed by atoms with van der Waals surface area (Å²) in [6.07, 6.45) is -4.01. The highest BCUT2D eigenvalue weighted by molar-refractivity contribution is 5.18. The molecular formula is C9H10F3NO. The molecular weight excluding hydrogens is 195 g/mol. The van der Waals surface area contributed by atoms with E-state index in [4.69, 9.17) is 0 Å². The number of aliphatic hydroxyl groups excluding tert-OH is 1. The van der Waals surface area contributed by atoms with Gasteiger partial charge in [0, 0.05) is 6.20 Å². The quantitative estimate of drug-likeness (QED) is 0.804. The summed E-state index contributed by atoms with van der Waals surface area (Å²) in [7, 11) is 0. The molecule has 0 aromatic carbocycles. The van der Waals surface area contributed by atoms with Gasteiger partial charge < -0.3 is 5.11 Å². The first-order chi connectivity index (χ1) is 6.45. The average Bonchev–Trinajstić information content (AvgIpc) is 2.15. The van der Waals surface area contributed by atoms with Gasteiger partial charge in [0.1, 0.15) is 0 Å². The number of nitrogens with zero attached hydrogens (tertiary/aromatic N) is 1. The van der Waals surface area contributed by atoms with E-state index in [0.29, 0.717) is 6.42 Å². The Hall–Kier alpha value is -1.10. The number of aliphatic hydroxyl groups is 1. The monoisotopic (exact) mass is 205 g/mol. The average molecular weight is 205 g/mol. The van der Waals surface area contributed by atoms with E-state index < -0.39 is 17.8 Å². The predicted molar refractivity (Wildman–Crippen MR) is 44.5 cm³/mol. The molecule has 1 aromatic heterocycles. The van der Waals surface area contributed by atoms with E-state index in [-0.39, 0.29) is 5.69 Å². The zero-order chi connectivity index (χ0) is 10.8. The minimum absolute atomic E-state index is 0.264. The summed E-state index contributed by atoms with van der Waals surface area (Å²) in [6, 6.07) is 2.11. The van der Waals surface area contributed by atoms with Gasteiger partial charge >= 0.3 is 6.18 Å². The maximum absolute atomic E-state index is 12.1. The summed E-state index contributed by atoms with van der Waals surface area (Å²) in [5.74, 6) is 0. The molecule has 1 aromatic rings. The lowest BCUT2D eigenvalue weighted by Gasteiger charge is -2.09. The number of rotatable bonds is 2. The highest BCUT2D eigenvalue weighted by Crippen LogP contribution is 2.29. The Balaban J connectivity index is 2.89. The molecule has 0 aliphatic heterocycles. The Morgan fingerprint density at radius 3 is 2.43 bits per heavy atom. The van der Waals surface area contributed by atoms with Gasteiger partial charge in [-0.05, 0) is 18.6 Å².